The number of hydrogen-bond donors (Lipinski definition) is 1. The number of amides is 1. The van der Waals surface area contributed by atoms with E-state index in [9.17, 15) is 9.59 Å². The van der Waals surface area contributed by atoms with Crippen LogP contribution < -0.4 is 10.2 Å². The maximum Gasteiger partial charge on any atom is 0.343 e. The third kappa shape index (κ3) is 5.64. The maximum atomic E-state index is 12.1. The Morgan fingerprint density at radius 2 is 1.59 bits per heavy atom. The van der Waals surface area contributed by atoms with Gasteiger partial charge in [-0.2, -0.15) is 5.10 Å². The molecule has 27 heavy (non-hydrogen) atoms. The molecular formula is C22H18N2O3. The number of rotatable bonds is 6. The van der Waals surface area contributed by atoms with Gasteiger partial charge in [0.05, 0.1) is 18.2 Å². The van der Waals surface area contributed by atoms with Crippen LogP contribution in [0.25, 0.3) is 0 Å². The van der Waals surface area contributed by atoms with E-state index in [-0.39, 0.29) is 12.3 Å². The van der Waals surface area contributed by atoms with E-state index in [0.717, 1.165) is 5.56 Å². The fraction of sp³-hybridized carbons (Fsp3) is 0.0455. The summed E-state index contributed by atoms with van der Waals surface area (Å²) >= 11 is 0. The summed E-state index contributed by atoms with van der Waals surface area (Å²) in [6, 6.07) is 25.1. The molecule has 0 heterocycles. The first kappa shape index (κ1) is 18.1. The minimum absolute atomic E-state index is 0.205. The second-order valence-electron chi connectivity index (χ2n) is 5.78. The Balaban J connectivity index is 1.56. The van der Waals surface area contributed by atoms with Gasteiger partial charge in [0.15, 0.2) is 0 Å². The fourth-order valence-electron chi connectivity index (χ4n) is 2.40. The van der Waals surface area contributed by atoms with Crippen LogP contribution in [0, 0.1) is 0 Å². The van der Waals surface area contributed by atoms with E-state index in [1.807, 2.05) is 36.4 Å². The first-order valence-corrected chi connectivity index (χ1v) is 8.44. The Morgan fingerprint density at radius 3 is 2.33 bits per heavy atom. The minimum Gasteiger partial charge on any atom is -0.423 e. The third-order valence-electron chi connectivity index (χ3n) is 3.69. The van der Waals surface area contributed by atoms with Crippen molar-refractivity contribution in [3.63, 3.8) is 0 Å². The Kier molecular flexibility index (Phi) is 6.09. The highest BCUT2D eigenvalue weighted by atomic mass is 16.5. The number of hydrogen-bond acceptors (Lipinski definition) is 4. The average Bonchev–Trinajstić information content (AvgIpc) is 2.70. The second kappa shape index (κ2) is 9.10. The van der Waals surface area contributed by atoms with Crippen molar-refractivity contribution >= 4 is 18.1 Å². The van der Waals surface area contributed by atoms with Gasteiger partial charge in [0.2, 0.25) is 5.91 Å². The molecule has 0 saturated carbocycles. The summed E-state index contributed by atoms with van der Waals surface area (Å²) in [7, 11) is 0. The van der Waals surface area contributed by atoms with Gasteiger partial charge in [-0.3, -0.25) is 4.79 Å². The molecule has 1 N–H and O–H groups in total. The molecule has 0 aliphatic heterocycles. The van der Waals surface area contributed by atoms with Crippen molar-refractivity contribution < 1.29 is 14.3 Å². The number of carbonyl (C=O) groups excluding carboxylic acids is 2. The lowest BCUT2D eigenvalue weighted by molar-refractivity contribution is -0.120. The lowest BCUT2D eigenvalue weighted by atomic mass is 10.1. The van der Waals surface area contributed by atoms with Gasteiger partial charge in [-0.05, 0) is 35.4 Å². The Morgan fingerprint density at radius 1 is 0.889 bits per heavy atom. The zero-order valence-electron chi connectivity index (χ0n) is 14.5. The quantitative estimate of drug-likeness (QED) is 0.317. The Hall–Kier alpha value is -3.73. The molecule has 0 saturated heterocycles. The molecule has 134 valence electrons. The zero-order valence-corrected chi connectivity index (χ0v) is 14.5. The number of ether oxygens (including phenoxy) is 1. The van der Waals surface area contributed by atoms with Crippen molar-refractivity contribution in [2.24, 2.45) is 5.10 Å². The lowest BCUT2D eigenvalue weighted by Gasteiger charge is -2.05. The van der Waals surface area contributed by atoms with E-state index in [0.29, 0.717) is 16.9 Å². The highest BCUT2D eigenvalue weighted by Gasteiger charge is 2.07. The molecule has 3 aromatic rings. The van der Waals surface area contributed by atoms with Gasteiger partial charge in [-0.25, -0.2) is 10.2 Å². The number of nitrogens with one attached hydrogen (secondary N) is 1. The van der Waals surface area contributed by atoms with Crippen molar-refractivity contribution in [3.8, 4) is 5.75 Å². The molecule has 0 radical (unpaired) electrons. The van der Waals surface area contributed by atoms with Gasteiger partial charge in [0.1, 0.15) is 5.75 Å². The number of carbonyl (C=O) groups is 2. The number of hydrazone groups is 1. The highest BCUT2D eigenvalue weighted by molar-refractivity contribution is 5.91. The summed E-state index contributed by atoms with van der Waals surface area (Å²) < 4.78 is 5.36. The molecule has 3 aromatic carbocycles. The van der Waals surface area contributed by atoms with Crippen molar-refractivity contribution in [1.29, 1.82) is 0 Å². The first-order chi connectivity index (χ1) is 13.2. The molecule has 0 aliphatic rings. The number of esters is 1. The largest absolute Gasteiger partial charge is 0.423 e. The van der Waals surface area contributed by atoms with E-state index in [4.69, 9.17) is 4.74 Å². The summed E-state index contributed by atoms with van der Waals surface area (Å²) in [6.45, 7) is 0. The van der Waals surface area contributed by atoms with Crippen LogP contribution in [0.15, 0.2) is 90.0 Å². The molecule has 5 heteroatoms. The van der Waals surface area contributed by atoms with Crippen molar-refractivity contribution in [2.45, 2.75) is 6.42 Å². The first-order valence-electron chi connectivity index (χ1n) is 8.44. The normalized spacial score (nSPS) is 10.5. The molecule has 0 bridgehead atoms. The number of benzene rings is 3. The SMILES string of the molecule is O=C(Cc1ccccc1)N/N=C\c1cccc(OC(=O)c2ccccc2)c1. The number of nitrogens with zero attached hydrogens (tertiary/aromatic N) is 1. The maximum absolute atomic E-state index is 12.1. The van der Waals surface area contributed by atoms with Gasteiger partial charge in [0.25, 0.3) is 0 Å². The van der Waals surface area contributed by atoms with Crippen molar-refractivity contribution in [1.82, 2.24) is 5.43 Å². The predicted octanol–water partition coefficient (Wildman–Crippen LogP) is 3.60. The van der Waals surface area contributed by atoms with Crippen LogP contribution in [-0.2, 0) is 11.2 Å². The Bertz CT molecular complexity index is 938. The van der Waals surface area contributed by atoms with E-state index in [1.165, 1.54) is 6.21 Å². The summed E-state index contributed by atoms with van der Waals surface area (Å²) in [5, 5.41) is 3.95. The van der Waals surface area contributed by atoms with Gasteiger partial charge >= 0.3 is 5.97 Å². The molecule has 5 nitrogen and oxygen atoms in total. The molecule has 0 spiro atoms. The van der Waals surface area contributed by atoms with Crippen LogP contribution in [0.5, 0.6) is 5.75 Å². The van der Waals surface area contributed by atoms with Gasteiger partial charge < -0.3 is 4.74 Å². The van der Waals surface area contributed by atoms with Crippen LogP contribution in [-0.4, -0.2) is 18.1 Å². The molecule has 0 unspecified atom stereocenters. The van der Waals surface area contributed by atoms with E-state index in [1.54, 1.807) is 48.5 Å². The Labute approximate surface area is 157 Å². The molecule has 0 fully saturated rings. The van der Waals surface area contributed by atoms with E-state index >= 15 is 0 Å². The van der Waals surface area contributed by atoms with E-state index < -0.39 is 5.97 Å². The fourth-order valence-corrected chi connectivity index (χ4v) is 2.40. The molecule has 0 aromatic heterocycles. The smallest absolute Gasteiger partial charge is 0.343 e. The summed E-state index contributed by atoms with van der Waals surface area (Å²) in [6.07, 6.45) is 1.76. The monoisotopic (exact) mass is 358 g/mol. The predicted molar refractivity (Wildman–Crippen MR) is 104 cm³/mol. The van der Waals surface area contributed by atoms with Gasteiger partial charge in [-0.1, -0.05) is 60.7 Å². The van der Waals surface area contributed by atoms with Crippen LogP contribution in [0.1, 0.15) is 21.5 Å². The van der Waals surface area contributed by atoms with Crippen molar-refractivity contribution in [3.05, 3.63) is 102 Å². The van der Waals surface area contributed by atoms with Crippen LogP contribution in [0.4, 0.5) is 0 Å². The average molecular weight is 358 g/mol. The molecule has 0 aliphatic carbocycles. The zero-order chi connectivity index (χ0) is 18.9. The summed E-state index contributed by atoms with van der Waals surface area (Å²) in [4.78, 5) is 24.0. The van der Waals surface area contributed by atoms with Crippen LogP contribution in [0.2, 0.25) is 0 Å². The second-order valence-corrected chi connectivity index (χ2v) is 5.78. The minimum atomic E-state index is -0.430. The molecule has 1 amide bonds. The standard InChI is InChI=1S/C22H18N2O3/c25-21(15-17-8-3-1-4-9-17)24-23-16-18-10-7-13-20(14-18)27-22(26)19-11-5-2-6-12-19/h1-14,16H,15H2,(H,24,25)/b23-16-. The molecule has 0 atom stereocenters. The third-order valence-corrected chi connectivity index (χ3v) is 3.69. The summed E-state index contributed by atoms with van der Waals surface area (Å²) in [5.74, 6) is -0.228. The highest BCUT2D eigenvalue weighted by Crippen LogP contribution is 2.14. The van der Waals surface area contributed by atoms with Crippen LogP contribution >= 0.6 is 0 Å². The molecular weight excluding hydrogens is 340 g/mol. The van der Waals surface area contributed by atoms with Gasteiger partial charge in [0, 0.05) is 0 Å². The van der Waals surface area contributed by atoms with Gasteiger partial charge in [-0.15, -0.1) is 0 Å². The molecule has 3 rings (SSSR count). The van der Waals surface area contributed by atoms with E-state index in [2.05, 4.69) is 10.5 Å². The lowest BCUT2D eigenvalue weighted by Crippen LogP contribution is -2.19. The van der Waals surface area contributed by atoms with Crippen LogP contribution in [0.3, 0.4) is 0 Å². The van der Waals surface area contributed by atoms with Crippen molar-refractivity contribution in [2.75, 3.05) is 0 Å². The summed E-state index contributed by atoms with van der Waals surface area (Å²) in [5.41, 5.74) is 4.58. The topological polar surface area (TPSA) is 67.8 Å².